The highest BCUT2D eigenvalue weighted by Crippen LogP contribution is 2.29. The summed E-state index contributed by atoms with van der Waals surface area (Å²) in [5.41, 5.74) is 0.872. The molecule has 2 N–H and O–H groups in total. The van der Waals surface area contributed by atoms with Crippen LogP contribution in [0.15, 0.2) is 12.4 Å². The first-order chi connectivity index (χ1) is 6.68. The molecule has 0 radical (unpaired) electrons. The molecule has 0 aliphatic rings. The Kier molecular flexibility index (Phi) is 2.35. The molecule has 0 spiro atoms. The van der Waals surface area contributed by atoms with Gasteiger partial charge < -0.3 is 10.1 Å². The molecule has 0 aromatic carbocycles. The second-order valence-electron chi connectivity index (χ2n) is 3.08. The summed E-state index contributed by atoms with van der Waals surface area (Å²) in [5, 5.41) is 10.3. The minimum Gasteiger partial charge on any atom is -0.388 e. The lowest BCUT2D eigenvalue weighted by Crippen LogP contribution is -1.88. The summed E-state index contributed by atoms with van der Waals surface area (Å²) in [5.74, 6) is 0.755. The SMILES string of the molecule is Cc1nc(-c2ncc[nH]2)sc1C(C)O. The van der Waals surface area contributed by atoms with E-state index in [1.165, 1.54) is 11.3 Å². The summed E-state index contributed by atoms with van der Waals surface area (Å²) in [4.78, 5) is 12.3. The summed E-state index contributed by atoms with van der Waals surface area (Å²) in [6.45, 7) is 3.64. The van der Waals surface area contributed by atoms with E-state index in [9.17, 15) is 5.11 Å². The van der Waals surface area contributed by atoms with Crippen LogP contribution in [0.4, 0.5) is 0 Å². The van der Waals surface area contributed by atoms with Gasteiger partial charge in [0.2, 0.25) is 0 Å². The molecule has 0 saturated heterocycles. The number of thiazole rings is 1. The molecule has 14 heavy (non-hydrogen) atoms. The molecule has 0 fully saturated rings. The fourth-order valence-electron chi connectivity index (χ4n) is 1.28. The van der Waals surface area contributed by atoms with E-state index in [1.807, 2.05) is 6.92 Å². The summed E-state index contributed by atoms with van der Waals surface area (Å²) < 4.78 is 0. The first kappa shape index (κ1) is 9.36. The zero-order chi connectivity index (χ0) is 10.1. The van der Waals surface area contributed by atoms with E-state index in [4.69, 9.17) is 0 Å². The van der Waals surface area contributed by atoms with Gasteiger partial charge in [0.05, 0.1) is 16.7 Å². The van der Waals surface area contributed by atoms with E-state index < -0.39 is 6.10 Å². The first-order valence-corrected chi connectivity index (χ1v) is 5.15. The number of rotatable bonds is 2. The minimum atomic E-state index is -0.462. The number of aromatic nitrogens is 3. The van der Waals surface area contributed by atoms with Crippen molar-refractivity contribution in [2.45, 2.75) is 20.0 Å². The van der Waals surface area contributed by atoms with Crippen LogP contribution in [0, 0.1) is 6.92 Å². The lowest BCUT2D eigenvalue weighted by Gasteiger charge is -1.98. The van der Waals surface area contributed by atoms with Crippen molar-refractivity contribution in [1.29, 1.82) is 0 Å². The molecule has 1 atom stereocenters. The average molecular weight is 209 g/mol. The van der Waals surface area contributed by atoms with E-state index in [1.54, 1.807) is 19.3 Å². The number of H-pyrrole nitrogens is 1. The van der Waals surface area contributed by atoms with Crippen LogP contribution >= 0.6 is 11.3 Å². The molecular weight excluding hydrogens is 198 g/mol. The van der Waals surface area contributed by atoms with Crippen LogP contribution in [0.3, 0.4) is 0 Å². The zero-order valence-corrected chi connectivity index (χ0v) is 8.80. The molecule has 1 unspecified atom stereocenters. The monoisotopic (exact) mass is 209 g/mol. The molecule has 2 aromatic rings. The smallest absolute Gasteiger partial charge is 0.166 e. The second-order valence-corrected chi connectivity index (χ2v) is 4.11. The highest BCUT2D eigenvalue weighted by atomic mass is 32.1. The molecule has 5 heteroatoms. The molecule has 0 aliphatic carbocycles. The number of hydrogen-bond donors (Lipinski definition) is 2. The van der Waals surface area contributed by atoms with Gasteiger partial charge in [-0.2, -0.15) is 0 Å². The topological polar surface area (TPSA) is 61.8 Å². The average Bonchev–Trinajstić information content (AvgIpc) is 2.70. The lowest BCUT2D eigenvalue weighted by molar-refractivity contribution is 0.202. The van der Waals surface area contributed by atoms with E-state index in [-0.39, 0.29) is 0 Å². The third kappa shape index (κ3) is 1.56. The van der Waals surface area contributed by atoms with Crippen LogP contribution in [-0.2, 0) is 0 Å². The normalized spacial score (nSPS) is 13.1. The molecule has 74 valence electrons. The molecule has 0 aliphatic heterocycles. The zero-order valence-electron chi connectivity index (χ0n) is 7.98. The molecule has 2 rings (SSSR count). The predicted octanol–water partition coefficient (Wildman–Crippen LogP) is 1.89. The molecule has 0 saturated carbocycles. The van der Waals surface area contributed by atoms with E-state index in [2.05, 4.69) is 15.0 Å². The molecule has 2 heterocycles. The van der Waals surface area contributed by atoms with Gasteiger partial charge in [-0.05, 0) is 13.8 Å². The third-order valence-corrected chi connectivity index (χ3v) is 3.25. The maximum Gasteiger partial charge on any atom is 0.166 e. The van der Waals surface area contributed by atoms with Crippen LogP contribution in [-0.4, -0.2) is 20.1 Å². The Morgan fingerprint density at radius 2 is 2.36 bits per heavy atom. The standard InChI is InChI=1S/C9H11N3OS/c1-5-7(6(2)13)14-9(12-5)8-10-3-4-11-8/h3-4,6,13H,1-2H3,(H,10,11). The molecule has 0 amide bonds. The van der Waals surface area contributed by atoms with Crippen molar-refractivity contribution < 1.29 is 5.11 Å². The largest absolute Gasteiger partial charge is 0.388 e. The Morgan fingerprint density at radius 1 is 1.57 bits per heavy atom. The number of nitrogens with one attached hydrogen (secondary N) is 1. The van der Waals surface area contributed by atoms with E-state index >= 15 is 0 Å². The van der Waals surface area contributed by atoms with Crippen LogP contribution in [0.5, 0.6) is 0 Å². The van der Waals surface area contributed by atoms with Crippen molar-refractivity contribution in [3.63, 3.8) is 0 Å². The Hall–Kier alpha value is -1.20. The number of aromatic amines is 1. The molecule has 4 nitrogen and oxygen atoms in total. The van der Waals surface area contributed by atoms with Gasteiger partial charge in [-0.15, -0.1) is 11.3 Å². The van der Waals surface area contributed by atoms with Crippen molar-refractivity contribution >= 4 is 11.3 Å². The van der Waals surface area contributed by atoms with E-state index in [0.717, 1.165) is 21.4 Å². The van der Waals surface area contributed by atoms with Crippen molar-refractivity contribution in [3.8, 4) is 10.8 Å². The van der Waals surface area contributed by atoms with Gasteiger partial charge in [0, 0.05) is 12.4 Å². The van der Waals surface area contributed by atoms with Crippen molar-refractivity contribution in [2.24, 2.45) is 0 Å². The minimum absolute atomic E-state index is 0.462. The second kappa shape index (κ2) is 3.51. The van der Waals surface area contributed by atoms with Gasteiger partial charge in [-0.3, -0.25) is 0 Å². The van der Waals surface area contributed by atoms with Gasteiger partial charge in [-0.25, -0.2) is 9.97 Å². The highest BCUT2D eigenvalue weighted by molar-refractivity contribution is 7.15. The Bertz CT molecular complexity index is 419. The fourth-order valence-corrected chi connectivity index (χ4v) is 2.24. The molecule has 2 aromatic heterocycles. The molecular formula is C9H11N3OS. The van der Waals surface area contributed by atoms with Gasteiger partial charge in [0.1, 0.15) is 0 Å². The summed E-state index contributed by atoms with van der Waals surface area (Å²) in [6.07, 6.45) is 2.98. The van der Waals surface area contributed by atoms with Crippen LogP contribution < -0.4 is 0 Å². The number of aliphatic hydroxyl groups is 1. The van der Waals surface area contributed by atoms with Crippen LogP contribution in [0.1, 0.15) is 23.6 Å². The predicted molar refractivity (Wildman–Crippen MR) is 55.1 cm³/mol. The maximum atomic E-state index is 9.46. The van der Waals surface area contributed by atoms with Gasteiger partial charge in [0.15, 0.2) is 10.8 Å². The van der Waals surface area contributed by atoms with Crippen LogP contribution in [0.2, 0.25) is 0 Å². The van der Waals surface area contributed by atoms with E-state index in [0.29, 0.717) is 0 Å². The van der Waals surface area contributed by atoms with Crippen molar-refractivity contribution in [3.05, 3.63) is 23.0 Å². The Morgan fingerprint density at radius 3 is 2.86 bits per heavy atom. The van der Waals surface area contributed by atoms with Crippen molar-refractivity contribution in [1.82, 2.24) is 15.0 Å². The highest BCUT2D eigenvalue weighted by Gasteiger charge is 2.13. The van der Waals surface area contributed by atoms with Crippen LogP contribution in [0.25, 0.3) is 10.8 Å². The summed E-state index contributed by atoms with van der Waals surface area (Å²) in [6, 6.07) is 0. The molecule has 0 bridgehead atoms. The fraction of sp³-hybridized carbons (Fsp3) is 0.333. The quantitative estimate of drug-likeness (QED) is 0.794. The Balaban J connectivity index is 2.43. The van der Waals surface area contributed by atoms with Gasteiger partial charge in [0.25, 0.3) is 0 Å². The summed E-state index contributed by atoms with van der Waals surface area (Å²) >= 11 is 1.47. The van der Waals surface area contributed by atoms with Gasteiger partial charge in [-0.1, -0.05) is 0 Å². The first-order valence-electron chi connectivity index (χ1n) is 4.33. The number of nitrogens with zero attached hydrogens (tertiary/aromatic N) is 2. The Labute approximate surface area is 85.7 Å². The van der Waals surface area contributed by atoms with Crippen molar-refractivity contribution in [2.75, 3.05) is 0 Å². The summed E-state index contributed by atoms with van der Waals surface area (Å²) in [7, 11) is 0. The number of aryl methyl sites for hydroxylation is 1. The third-order valence-electron chi connectivity index (χ3n) is 1.91. The number of imidazole rings is 1. The maximum absolute atomic E-state index is 9.46. The number of hydrogen-bond acceptors (Lipinski definition) is 4. The number of aliphatic hydroxyl groups excluding tert-OH is 1. The van der Waals surface area contributed by atoms with Gasteiger partial charge >= 0.3 is 0 Å². The lowest BCUT2D eigenvalue weighted by atomic mass is 10.3.